The Morgan fingerprint density at radius 2 is 1.56 bits per heavy atom. The van der Waals surface area contributed by atoms with Crippen molar-refractivity contribution < 1.29 is 38.8 Å². The van der Waals surface area contributed by atoms with E-state index < -0.39 is 23.8 Å². The lowest BCUT2D eigenvalue weighted by atomic mass is 9.55. The van der Waals surface area contributed by atoms with Gasteiger partial charge in [-0.05, 0) is 89.6 Å². The molecule has 2 aliphatic carbocycles. The number of aliphatic hydroxyl groups excluding tert-OH is 2. The van der Waals surface area contributed by atoms with Crippen LogP contribution in [-0.2, 0) is 27.5 Å². The van der Waals surface area contributed by atoms with Crippen LogP contribution < -0.4 is 9.47 Å². The van der Waals surface area contributed by atoms with Gasteiger partial charge in [0, 0.05) is 50.8 Å². The van der Waals surface area contributed by atoms with Crippen molar-refractivity contribution in [3.63, 3.8) is 0 Å². The third-order valence-corrected chi connectivity index (χ3v) is 15.7. The first kappa shape index (κ1) is 54.1. The predicted octanol–water partition coefficient (Wildman–Crippen LogP) is 12.9. The quantitative estimate of drug-likeness (QED) is 0.0213. The first-order chi connectivity index (χ1) is 36.0. The molecule has 4 aromatic rings. The maximum Gasteiger partial charge on any atom is 0.410 e. The number of ether oxygens (including phenoxy) is 4. The highest BCUT2D eigenvalue weighted by Gasteiger charge is 2.65. The zero-order valence-corrected chi connectivity index (χ0v) is 43.7. The smallest absolute Gasteiger partial charge is 0.410 e. The topological polar surface area (TPSA) is 122 Å². The first-order valence-corrected chi connectivity index (χ1v) is 28.0. The van der Waals surface area contributed by atoms with Crippen molar-refractivity contribution in [2.24, 2.45) is 22.9 Å². The monoisotopic (exact) mass is 998 g/mol. The molecule has 0 aromatic heterocycles. The zero-order valence-electron chi connectivity index (χ0n) is 43.7. The summed E-state index contributed by atoms with van der Waals surface area (Å²) >= 11 is 0. The highest BCUT2D eigenvalue weighted by molar-refractivity contribution is 6.03. The molecule has 1 saturated heterocycles. The molecule has 6 unspecified atom stereocenters. The number of hydrogen-bond acceptors (Lipinski definition) is 10. The Labute approximate surface area is 435 Å². The number of fused-ring (bicyclic) bond motifs is 3. The molecule has 0 spiro atoms. The number of unbranched alkanes of at least 4 members (excludes halogenated alkanes) is 11. The molecule has 1 saturated carbocycles. The van der Waals surface area contributed by atoms with E-state index in [9.17, 15) is 10.2 Å². The van der Waals surface area contributed by atoms with E-state index in [-0.39, 0.29) is 57.1 Å². The van der Waals surface area contributed by atoms with E-state index in [1.165, 1.54) is 44.9 Å². The minimum absolute atomic E-state index is 0.0845. The van der Waals surface area contributed by atoms with Gasteiger partial charge in [-0.2, -0.15) is 0 Å². The van der Waals surface area contributed by atoms with Crippen molar-refractivity contribution in [3.05, 3.63) is 132 Å². The molecule has 6 atom stereocenters. The van der Waals surface area contributed by atoms with Gasteiger partial charge in [-0.1, -0.05) is 168 Å². The molecule has 4 aromatic carbocycles. The summed E-state index contributed by atoms with van der Waals surface area (Å²) in [5, 5.41) is 27.4. The summed E-state index contributed by atoms with van der Waals surface area (Å²) in [6.45, 7) is 11.3. The number of benzene rings is 4. The van der Waals surface area contributed by atoms with Gasteiger partial charge in [-0.25, -0.2) is 4.79 Å². The Morgan fingerprint density at radius 3 is 2.32 bits per heavy atom. The van der Waals surface area contributed by atoms with Crippen LogP contribution in [0.3, 0.4) is 0 Å². The van der Waals surface area contributed by atoms with Crippen LogP contribution in [-0.4, -0.2) is 96.3 Å². The van der Waals surface area contributed by atoms with Crippen molar-refractivity contribution in [1.82, 2.24) is 9.80 Å². The van der Waals surface area contributed by atoms with Crippen molar-refractivity contribution in [2.75, 3.05) is 52.7 Å². The largest absolute Gasteiger partial charge is 0.492 e. The molecule has 2 N–H and O–H groups in total. The molecule has 2 aliphatic heterocycles. The van der Waals surface area contributed by atoms with Crippen molar-refractivity contribution in [2.45, 2.75) is 147 Å². The van der Waals surface area contributed by atoms with Gasteiger partial charge >= 0.3 is 6.09 Å². The number of nitrogens with zero attached hydrogens (tertiary/aromatic N) is 3. The van der Waals surface area contributed by atoms with Crippen LogP contribution in [0.4, 0.5) is 4.79 Å². The minimum atomic E-state index is -1.43. The summed E-state index contributed by atoms with van der Waals surface area (Å²) in [5.41, 5.74) is 4.76. The average Bonchev–Trinajstić information content (AvgIpc) is 4.25. The second-order valence-electron chi connectivity index (χ2n) is 20.8. The second-order valence-corrected chi connectivity index (χ2v) is 20.8. The van der Waals surface area contributed by atoms with Crippen LogP contribution in [0.5, 0.6) is 11.5 Å². The number of rotatable bonds is 32. The van der Waals surface area contributed by atoms with Crippen LogP contribution >= 0.6 is 0 Å². The van der Waals surface area contributed by atoms with Crippen molar-refractivity contribution in [1.29, 1.82) is 0 Å². The molecule has 11 heteroatoms. The van der Waals surface area contributed by atoms with Gasteiger partial charge in [0.15, 0.2) is 0 Å². The van der Waals surface area contributed by atoms with Crippen molar-refractivity contribution >= 4 is 22.6 Å². The van der Waals surface area contributed by atoms with Crippen LogP contribution in [0.1, 0.15) is 139 Å². The fourth-order valence-electron chi connectivity index (χ4n) is 11.8. The minimum Gasteiger partial charge on any atom is -0.492 e. The molecular weight excluding hydrogens is 915 g/mol. The third-order valence-electron chi connectivity index (χ3n) is 15.7. The first-order valence-electron chi connectivity index (χ1n) is 28.0. The normalized spacial score (nSPS) is 22.5. The maximum absolute atomic E-state index is 15.4. The van der Waals surface area contributed by atoms with Crippen LogP contribution in [0.15, 0.2) is 120 Å². The number of oxime groups is 1. The summed E-state index contributed by atoms with van der Waals surface area (Å²) in [7, 11) is 0. The van der Waals surface area contributed by atoms with Gasteiger partial charge in [0.25, 0.3) is 0 Å². The number of allylic oxidation sites excluding steroid dienone is 1. The summed E-state index contributed by atoms with van der Waals surface area (Å²) in [6, 6.07) is 30.1. The van der Waals surface area contributed by atoms with E-state index in [1.54, 1.807) is 6.08 Å². The van der Waals surface area contributed by atoms with E-state index in [0.717, 1.165) is 109 Å². The number of aliphatic hydroxyl groups is 2. The summed E-state index contributed by atoms with van der Waals surface area (Å²) in [5.74, 6) is -0.391. The molecule has 2 heterocycles. The van der Waals surface area contributed by atoms with Gasteiger partial charge in [0.1, 0.15) is 30.8 Å². The van der Waals surface area contributed by atoms with E-state index in [4.69, 9.17) is 28.9 Å². The van der Waals surface area contributed by atoms with Gasteiger partial charge in [-0.3, -0.25) is 9.80 Å². The second kappa shape index (κ2) is 27.9. The fraction of sp³-hybridized carbons (Fsp3) is 0.548. The van der Waals surface area contributed by atoms with Gasteiger partial charge in [-0.15, -0.1) is 6.58 Å². The SMILES string of the molecule is C=CCOC12Oc3ccc(OCCN4CC4)cc3C3C(CCCCO)C(CCCCO)C=C(C(=NOCc4ccccc4)CC1N(Cc1cccc4ccccc14)C(=O)OCCCCCCCCCCCC)C32. The number of carbonyl (C=O) groups is 1. The molecule has 8 rings (SSSR count). The molecule has 4 aliphatic rings. The Kier molecular flexibility index (Phi) is 20.7. The predicted molar refractivity (Wildman–Crippen MR) is 291 cm³/mol. The lowest BCUT2D eigenvalue weighted by molar-refractivity contribution is -0.256. The molecule has 0 radical (unpaired) electrons. The number of amides is 1. The molecule has 0 bridgehead atoms. The van der Waals surface area contributed by atoms with Crippen LogP contribution in [0.25, 0.3) is 10.8 Å². The lowest BCUT2D eigenvalue weighted by Gasteiger charge is -2.60. The van der Waals surface area contributed by atoms with Gasteiger partial charge in [0.05, 0.1) is 31.4 Å². The standard InChI is InChI=1S/C62H83N3O8/c1-3-5-6-7-8-9-10-11-12-22-40-70-61(68)65(45-50-29-23-28-48-26-16-17-30-52(48)50)58-44-56(63-72-46-47-24-14-13-15-25-47)54-42-49(27-18-20-37-66)53(31-19-21-38-67)59-55-43-51(69-41-36-64-34-35-64)32-33-57(55)73-62(58,60(54)59)71-39-4-2/h4,13-17,23-26,28-30,32-33,42-43,49,53,58-60,66-67H,2-3,5-12,18-22,27,31,34-41,44-46H2,1H3. The zero-order chi connectivity index (χ0) is 50.7. The third kappa shape index (κ3) is 14.1. The van der Waals surface area contributed by atoms with E-state index in [0.29, 0.717) is 31.8 Å². The lowest BCUT2D eigenvalue weighted by Crippen LogP contribution is -2.70. The summed E-state index contributed by atoms with van der Waals surface area (Å²) < 4.78 is 27.8. The van der Waals surface area contributed by atoms with E-state index >= 15 is 4.79 Å². The molecule has 11 nitrogen and oxygen atoms in total. The number of carbonyl (C=O) groups excluding carboxylic acids is 1. The molecule has 2 fully saturated rings. The Balaban J connectivity index is 1.23. The number of hydrogen-bond donors (Lipinski definition) is 2. The van der Waals surface area contributed by atoms with Gasteiger partial charge in [0.2, 0.25) is 5.79 Å². The Morgan fingerprint density at radius 1 is 0.836 bits per heavy atom. The average molecular weight is 998 g/mol. The fourth-order valence-corrected chi connectivity index (χ4v) is 11.8. The van der Waals surface area contributed by atoms with Crippen LogP contribution in [0, 0.1) is 17.8 Å². The molecule has 394 valence electrons. The Bertz CT molecular complexity index is 2400. The van der Waals surface area contributed by atoms with Crippen LogP contribution in [0.2, 0.25) is 0 Å². The maximum atomic E-state index is 15.4. The Hall–Kier alpha value is -5.20. The van der Waals surface area contributed by atoms with E-state index in [1.807, 2.05) is 59.5 Å². The molecule has 1 amide bonds. The highest BCUT2D eigenvalue weighted by Crippen LogP contribution is 2.62. The molecule has 73 heavy (non-hydrogen) atoms. The highest BCUT2D eigenvalue weighted by atomic mass is 16.7. The van der Waals surface area contributed by atoms with Gasteiger partial charge < -0.3 is 34.0 Å². The summed E-state index contributed by atoms with van der Waals surface area (Å²) in [6.07, 6.45) is 20.6. The summed E-state index contributed by atoms with van der Waals surface area (Å²) in [4.78, 5) is 26.0. The van der Waals surface area contributed by atoms with E-state index in [2.05, 4.69) is 60.9 Å². The van der Waals surface area contributed by atoms with Crippen molar-refractivity contribution in [3.8, 4) is 11.5 Å². The molecular formula is C62H83N3O8.